The van der Waals surface area contributed by atoms with Crippen molar-refractivity contribution in [3.63, 3.8) is 0 Å². The third kappa shape index (κ3) is 1.32. The van der Waals surface area contributed by atoms with Crippen molar-refractivity contribution in [1.82, 2.24) is 0 Å². The number of esters is 1. The minimum Gasteiger partial charge on any atom is -0.463 e. The van der Waals surface area contributed by atoms with Gasteiger partial charge in [-0.1, -0.05) is 0 Å². The summed E-state index contributed by atoms with van der Waals surface area (Å²) in [5, 5.41) is 9.14. The Morgan fingerprint density at radius 3 is 2.86 bits per heavy atom. The van der Waals surface area contributed by atoms with Crippen LogP contribution in [-0.4, -0.2) is 24.8 Å². The van der Waals surface area contributed by atoms with E-state index in [9.17, 15) is 4.79 Å². The van der Waals surface area contributed by atoms with Gasteiger partial charge in [-0.25, -0.2) is 4.79 Å². The molecule has 1 fully saturated rings. The van der Waals surface area contributed by atoms with Crippen LogP contribution in [0.3, 0.4) is 0 Å². The first-order valence-electron chi connectivity index (χ1n) is 4.51. The molecule has 1 N–H and O–H groups in total. The lowest BCUT2D eigenvalue weighted by Gasteiger charge is -2.06. The van der Waals surface area contributed by atoms with E-state index < -0.39 is 5.97 Å². The van der Waals surface area contributed by atoms with E-state index in [0.717, 1.165) is 12.8 Å². The van der Waals surface area contributed by atoms with E-state index in [1.807, 2.05) is 0 Å². The highest BCUT2D eigenvalue weighted by molar-refractivity contribution is 5.86. The van der Waals surface area contributed by atoms with Gasteiger partial charge >= 0.3 is 5.97 Å². The number of methoxy groups -OCH3 is 1. The summed E-state index contributed by atoms with van der Waals surface area (Å²) in [5.41, 5.74) is -0.230. The minimum atomic E-state index is -0.481. The highest BCUT2D eigenvalue weighted by Crippen LogP contribution is 2.48. The highest BCUT2D eigenvalue weighted by Gasteiger charge is 2.46. The highest BCUT2D eigenvalue weighted by atomic mass is 16.5. The summed E-state index contributed by atoms with van der Waals surface area (Å²) >= 11 is 0. The number of rotatable bonds is 3. The number of carbonyl (C=O) groups excluding carboxylic acids is 1. The molecule has 1 aliphatic rings. The van der Waals surface area contributed by atoms with Crippen molar-refractivity contribution in [2.24, 2.45) is 0 Å². The minimum absolute atomic E-state index is 0.0706. The van der Waals surface area contributed by atoms with Gasteiger partial charge in [0, 0.05) is 0 Å². The molecule has 0 bridgehead atoms. The van der Waals surface area contributed by atoms with E-state index in [1.54, 1.807) is 12.1 Å². The van der Waals surface area contributed by atoms with Crippen LogP contribution in [0.15, 0.2) is 16.5 Å². The summed E-state index contributed by atoms with van der Waals surface area (Å²) in [6.45, 7) is 0.0706. The normalized spacial score (nSPS) is 17.9. The van der Waals surface area contributed by atoms with Gasteiger partial charge < -0.3 is 14.3 Å². The average Bonchev–Trinajstić information content (AvgIpc) is 2.87. The third-order valence-electron chi connectivity index (χ3n) is 2.67. The molecule has 1 saturated carbocycles. The van der Waals surface area contributed by atoms with E-state index in [2.05, 4.69) is 4.74 Å². The number of aliphatic hydroxyl groups is 1. The summed E-state index contributed by atoms with van der Waals surface area (Å²) in [7, 11) is 1.31. The van der Waals surface area contributed by atoms with Gasteiger partial charge in [-0.05, 0) is 25.0 Å². The molecule has 1 heterocycles. The Hall–Kier alpha value is -1.29. The Labute approximate surface area is 81.5 Å². The Bertz CT molecular complexity index is 349. The zero-order chi connectivity index (χ0) is 10.2. The first-order valence-corrected chi connectivity index (χ1v) is 4.51. The van der Waals surface area contributed by atoms with Gasteiger partial charge in [0.1, 0.15) is 5.76 Å². The maximum absolute atomic E-state index is 11.1. The van der Waals surface area contributed by atoms with Crippen molar-refractivity contribution >= 4 is 5.97 Å². The topological polar surface area (TPSA) is 59.7 Å². The third-order valence-corrected chi connectivity index (χ3v) is 2.67. The van der Waals surface area contributed by atoms with Crippen molar-refractivity contribution in [3.05, 3.63) is 23.7 Å². The van der Waals surface area contributed by atoms with Crippen molar-refractivity contribution in [3.8, 4) is 0 Å². The fraction of sp³-hybridized carbons (Fsp3) is 0.500. The quantitative estimate of drug-likeness (QED) is 0.735. The maximum atomic E-state index is 11.1. The molecule has 1 aliphatic carbocycles. The van der Waals surface area contributed by atoms with Crippen LogP contribution >= 0.6 is 0 Å². The second-order valence-electron chi connectivity index (χ2n) is 3.59. The van der Waals surface area contributed by atoms with Gasteiger partial charge in [-0.3, -0.25) is 0 Å². The van der Waals surface area contributed by atoms with Gasteiger partial charge in [-0.15, -0.1) is 0 Å². The summed E-state index contributed by atoms with van der Waals surface area (Å²) in [5.74, 6) is 0.396. The van der Waals surface area contributed by atoms with Gasteiger partial charge in [0.25, 0.3) is 0 Å². The van der Waals surface area contributed by atoms with E-state index in [4.69, 9.17) is 9.52 Å². The molecule has 0 radical (unpaired) electrons. The molecule has 76 valence electrons. The maximum Gasteiger partial charge on any atom is 0.373 e. The number of hydrogen-bond acceptors (Lipinski definition) is 4. The standard InChI is InChI=1S/C10H12O4/c1-13-9(12)7-2-3-8(14-7)10(6-11)4-5-10/h2-3,11H,4-6H2,1H3. The first kappa shape index (κ1) is 9.27. The van der Waals surface area contributed by atoms with Crippen LogP contribution in [0.25, 0.3) is 0 Å². The number of hydrogen-bond donors (Lipinski definition) is 1. The molecule has 4 nitrogen and oxygen atoms in total. The summed E-state index contributed by atoms with van der Waals surface area (Å²) in [6.07, 6.45) is 1.83. The van der Waals surface area contributed by atoms with Crippen LogP contribution in [0.1, 0.15) is 29.2 Å². The first-order chi connectivity index (χ1) is 6.72. The molecule has 0 spiro atoms. The lowest BCUT2D eigenvalue weighted by Crippen LogP contribution is -2.10. The van der Waals surface area contributed by atoms with Crippen molar-refractivity contribution in [2.75, 3.05) is 13.7 Å². The van der Waals surface area contributed by atoms with E-state index >= 15 is 0 Å². The molecule has 4 heteroatoms. The molecule has 0 atom stereocenters. The Morgan fingerprint density at radius 1 is 1.64 bits per heavy atom. The predicted molar refractivity (Wildman–Crippen MR) is 48.0 cm³/mol. The van der Waals surface area contributed by atoms with Crippen LogP contribution < -0.4 is 0 Å². The zero-order valence-electron chi connectivity index (χ0n) is 7.95. The molecule has 0 aliphatic heterocycles. The Kier molecular flexibility index (Phi) is 2.07. The molecule has 0 amide bonds. The van der Waals surface area contributed by atoms with Crippen molar-refractivity contribution < 1.29 is 19.1 Å². The van der Waals surface area contributed by atoms with Gasteiger partial charge in [0.05, 0.1) is 19.1 Å². The van der Waals surface area contributed by atoms with Gasteiger partial charge in [0.15, 0.2) is 0 Å². The Balaban J connectivity index is 2.22. The SMILES string of the molecule is COC(=O)c1ccc(C2(CO)CC2)o1. The molecule has 14 heavy (non-hydrogen) atoms. The van der Waals surface area contributed by atoms with Gasteiger partial charge in [0.2, 0.25) is 5.76 Å². The fourth-order valence-corrected chi connectivity index (χ4v) is 1.47. The zero-order valence-corrected chi connectivity index (χ0v) is 7.95. The number of ether oxygens (including phenoxy) is 1. The van der Waals surface area contributed by atoms with Crippen molar-refractivity contribution in [2.45, 2.75) is 18.3 Å². The van der Waals surface area contributed by atoms with Crippen LogP contribution in [0.5, 0.6) is 0 Å². The smallest absolute Gasteiger partial charge is 0.373 e. The van der Waals surface area contributed by atoms with Crippen LogP contribution in [-0.2, 0) is 10.2 Å². The summed E-state index contributed by atoms with van der Waals surface area (Å²) in [6, 6.07) is 3.31. The van der Waals surface area contributed by atoms with Gasteiger partial charge in [-0.2, -0.15) is 0 Å². The molecule has 0 aromatic carbocycles. The number of aliphatic hydroxyl groups excluding tert-OH is 1. The summed E-state index contributed by atoms with van der Waals surface area (Å²) in [4.78, 5) is 11.1. The van der Waals surface area contributed by atoms with E-state index in [0.29, 0.717) is 5.76 Å². The second-order valence-corrected chi connectivity index (χ2v) is 3.59. The number of carbonyl (C=O) groups is 1. The molecule has 2 rings (SSSR count). The fourth-order valence-electron chi connectivity index (χ4n) is 1.47. The lowest BCUT2D eigenvalue weighted by atomic mass is 10.1. The molecule has 1 aromatic heterocycles. The van der Waals surface area contributed by atoms with Crippen LogP contribution in [0, 0.1) is 0 Å². The molecule has 1 aromatic rings. The second kappa shape index (κ2) is 3.13. The van der Waals surface area contributed by atoms with Crippen molar-refractivity contribution in [1.29, 1.82) is 0 Å². The Morgan fingerprint density at radius 2 is 2.36 bits per heavy atom. The predicted octanol–water partition coefficient (Wildman–Crippen LogP) is 1.09. The van der Waals surface area contributed by atoms with Crippen LogP contribution in [0.2, 0.25) is 0 Å². The van der Waals surface area contributed by atoms with Crippen LogP contribution in [0.4, 0.5) is 0 Å². The van der Waals surface area contributed by atoms with E-state index in [1.165, 1.54) is 7.11 Å². The lowest BCUT2D eigenvalue weighted by molar-refractivity contribution is 0.0560. The molecular weight excluding hydrogens is 184 g/mol. The monoisotopic (exact) mass is 196 g/mol. The largest absolute Gasteiger partial charge is 0.463 e. The summed E-state index contributed by atoms with van der Waals surface area (Å²) < 4.78 is 9.84. The molecule has 0 saturated heterocycles. The molecule has 0 unspecified atom stereocenters. The molecular formula is C10H12O4. The van der Waals surface area contributed by atoms with E-state index in [-0.39, 0.29) is 17.8 Å². The number of furan rings is 1. The average molecular weight is 196 g/mol.